The van der Waals surface area contributed by atoms with Gasteiger partial charge in [0.2, 0.25) is 0 Å². The quantitative estimate of drug-likeness (QED) is 0.790. The van der Waals surface area contributed by atoms with Crippen LogP contribution in [0, 0.1) is 13.8 Å². The van der Waals surface area contributed by atoms with Gasteiger partial charge in [-0.2, -0.15) is 0 Å². The van der Waals surface area contributed by atoms with E-state index in [1.54, 1.807) is 6.07 Å². The summed E-state index contributed by atoms with van der Waals surface area (Å²) in [6.45, 7) is 7.19. The van der Waals surface area contributed by atoms with Gasteiger partial charge in [-0.25, -0.2) is 0 Å². The average molecular weight is 308 g/mol. The normalized spacial score (nSPS) is 12.4. The van der Waals surface area contributed by atoms with E-state index in [2.05, 4.69) is 44.3 Å². The number of hydrogen-bond donors (Lipinski definition) is 1. The Morgan fingerprint density at radius 1 is 1.00 bits per heavy atom. The summed E-state index contributed by atoms with van der Waals surface area (Å²) in [6, 6.07) is 12.4. The summed E-state index contributed by atoms with van der Waals surface area (Å²) in [4.78, 5) is 0. The Morgan fingerprint density at radius 2 is 1.75 bits per heavy atom. The second-order valence-corrected chi connectivity index (χ2v) is 6.03. The molecular formula is C17H19Cl2N. The molecule has 2 rings (SSSR count). The fourth-order valence-corrected chi connectivity index (χ4v) is 2.72. The van der Waals surface area contributed by atoms with E-state index in [9.17, 15) is 0 Å². The van der Waals surface area contributed by atoms with Gasteiger partial charge in [-0.1, -0.05) is 47.5 Å². The zero-order valence-electron chi connectivity index (χ0n) is 12.0. The van der Waals surface area contributed by atoms with E-state index in [1.807, 2.05) is 12.1 Å². The largest absolute Gasteiger partial charge is 0.306 e. The van der Waals surface area contributed by atoms with Gasteiger partial charge in [0, 0.05) is 22.6 Å². The van der Waals surface area contributed by atoms with E-state index in [0.29, 0.717) is 10.0 Å². The van der Waals surface area contributed by atoms with Crippen LogP contribution in [0.3, 0.4) is 0 Å². The molecule has 0 aliphatic heterocycles. The lowest BCUT2D eigenvalue weighted by Crippen LogP contribution is -2.18. The highest BCUT2D eigenvalue weighted by molar-refractivity contribution is 6.35. The Balaban J connectivity index is 2.04. The molecule has 0 bridgehead atoms. The monoisotopic (exact) mass is 307 g/mol. The highest BCUT2D eigenvalue weighted by Gasteiger charge is 2.09. The van der Waals surface area contributed by atoms with Crippen LogP contribution in [0.4, 0.5) is 0 Å². The molecule has 0 amide bonds. The fraction of sp³-hybridized carbons (Fsp3) is 0.294. The molecule has 0 saturated heterocycles. The molecule has 1 atom stereocenters. The number of rotatable bonds is 4. The van der Waals surface area contributed by atoms with Gasteiger partial charge in [0.1, 0.15) is 0 Å². The van der Waals surface area contributed by atoms with Crippen molar-refractivity contribution in [3.8, 4) is 0 Å². The third kappa shape index (κ3) is 3.76. The molecule has 0 saturated carbocycles. The minimum Gasteiger partial charge on any atom is -0.306 e. The van der Waals surface area contributed by atoms with Gasteiger partial charge in [0.05, 0.1) is 0 Å². The fourth-order valence-electron chi connectivity index (χ4n) is 2.15. The molecule has 0 radical (unpaired) electrons. The van der Waals surface area contributed by atoms with Gasteiger partial charge in [-0.15, -0.1) is 0 Å². The van der Waals surface area contributed by atoms with Crippen LogP contribution in [0.15, 0.2) is 36.4 Å². The maximum atomic E-state index is 6.23. The highest BCUT2D eigenvalue weighted by atomic mass is 35.5. The second-order valence-electron chi connectivity index (χ2n) is 5.19. The number of hydrogen-bond acceptors (Lipinski definition) is 1. The van der Waals surface area contributed by atoms with Crippen molar-refractivity contribution in [2.45, 2.75) is 33.4 Å². The van der Waals surface area contributed by atoms with Gasteiger partial charge in [0.25, 0.3) is 0 Å². The van der Waals surface area contributed by atoms with E-state index >= 15 is 0 Å². The van der Waals surface area contributed by atoms with E-state index in [4.69, 9.17) is 23.2 Å². The van der Waals surface area contributed by atoms with Crippen LogP contribution < -0.4 is 5.32 Å². The van der Waals surface area contributed by atoms with Gasteiger partial charge in [-0.3, -0.25) is 0 Å². The summed E-state index contributed by atoms with van der Waals surface area (Å²) >= 11 is 12.1. The third-order valence-corrected chi connectivity index (χ3v) is 4.18. The molecule has 0 aliphatic carbocycles. The SMILES string of the molecule is Cc1ccc(CNC(C)c2ccc(Cl)cc2Cl)cc1C. The molecule has 3 heteroatoms. The number of aryl methyl sites for hydroxylation is 2. The van der Waals surface area contributed by atoms with Crippen molar-refractivity contribution in [3.05, 3.63) is 68.7 Å². The molecule has 2 aromatic rings. The summed E-state index contributed by atoms with van der Waals surface area (Å²) in [5, 5.41) is 4.87. The van der Waals surface area contributed by atoms with Gasteiger partial charge in [-0.05, 0) is 55.2 Å². The minimum absolute atomic E-state index is 0.182. The first-order valence-electron chi connectivity index (χ1n) is 6.72. The van der Waals surface area contributed by atoms with E-state index in [1.165, 1.54) is 16.7 Å². The molecule has 0 heterocycles. The maximum absolute atomic E-state index is 6.23. The molecule has 0 fully saturated rings. The lowest BCUT2D eigenvalue weighted by molar-refractivity contribution is 0.574. The van der Waals surface area contributed by atoms with Crippen LogP contribution in [-0.2, 0) is 6.54 Å². The van der Waals surface area contributed by atoms with Gasteiger partial charge < -0.3 is 5.32 Å². The van der Waals surface area contributed by atoms with Crippen molar-refractivity contribution in [3.63, 3.8) is 0 Å². The van der Waals surface area contributed by atoms with E-state index in [-0.39, 0.29) is 6.04 Å². The van der Waals surface area contributed by atoms with Gasteiger partial charge >= 0.3 is 0 Å². The number of benzene rings is 2. The molecule has 106 valence electrons. The minimum atomic E-state index is 0.182. The molecule has 1 N–H and O–H groups in total. The lowest BCUT2D eigenvalue weighted by atomic mass is 10.1. The zero-order chi connectivity index (χ0) is 14.7. The lowest BCUT2D eigenvalue weighted by Gasteiger charge is -2.16. The standard InChI is InChI=1S/C17H19Cl2N/c1-11-4-5-14(8-12(11)2)10-20-13(3)16-7-6-15(18)9-17(16)19/h4-9,13,20H,10H2,1-3H3. The molecule has 0 aromatic heterocycles. The van der Waals surface area contributed by atoms with Crippen LogP contribution in [0.1, 0.15) is 35.2 Å². The summed E-state index contributed by atoms with van der Waals surface area (Å²) < 4.78 is 0. The Bertz CT molecular complexity index is 608. The van der Waals surface area contributed by atoms with Crippen LogP contribution >= 0.6 is 23.2 Å². The Morgan fingerprint density at radius 3 is 2.40 bits per heavy atom. The van der Waals surface area contributed by atoms with Crippen molar-refractivity contribution in [2.24, 2.45) is 0 Å². The Hall–Kier alpha value is -1.02. The number of halogens is 2. The maximum Gasteiger partial charge on any atom is 0.0468 e. The molecular weight excluding hydrogens is 289 g/mol. The molecule has 20 heavy (non-hydrogen) atoms. The first-order valence-corrected chi connectivity index (χ1v) is 7.47. The average Bonchev–Trinajstić information content (AvgIpc) is 2.40. The summed E-state index contributed by atoms with van der Waals surface area (Å²) in [5.41, 5.74) is 4.99. The summed E-state index contributed by atoms with van der Waals surface area (Å²) in [7, 11) is 0. The molecule has 0 spiro atoms. The Kier molecular flexibility index (Phi) is 5.09. The van der Waals surface area contributed by atoms with E-state index in [0.717, 1.165) is 12.1 Å². The summed E-state index contributed by atoms with van der Waals surface area (Å²) in [5.74, 6) is 0. The smallest absolute Gasteiger partial charge is 0.0468 e. The topological polar surface area (TPSA) is 12.0 Å². The van der Waals surface area contributed by atoms with Crippen molar-refractivity contribution >= 4 is 23.2 Å². The van der Waals surface area contributed by atoms with Crippen LogP contribution in [-0.4, -0.2) is 0 Å². The van der Waals surface area contributed by atoms with Crippen LogP contribution in [0.2, 0.25) is 10.0 Å². The first-order chi connectivity index (χ1) is 9.47. The molecule has 2 aromatic carbocycles. The third-order valence-electron chi connectivity index (χ3n) is 3.61. The second kappa shape index (κ2) is 6.62. The Labute approximate surface area is 130 Å². The van der Waals surface area contributed by atoms with Crippen LogP contribution in [0.5, 0.6) is 0 Å². The van der Waals surface area contributed by atoms with Crippen molar-refractivity contribution in [1.82, 2.24) is 5.32 Å². The highest BCUT2D eigenvalue weighted by Crippen LogP contribution is 2.26. The summed E-state index contributed by atoms with van der Waals surface area (Å²) in [6.07, 6.45) is 0. The van der Waals surface area contributed by atoms with Crippen molar-refractivity contribution in [2.75, 3.05) is 0 Å². The molecule has 1 unspecified atom stereocenters. The van der Waals surface area contributed by atoms with Crippen LogP contribution in [0.25, 0.3) is 0 Å². The van der Waals surface area contributed by atoms with Gasteiger partial charge in [0.15, 0.2) is 0 Å². The predicted octanol–water partition coefficient (Wildman–Crippen LogP) is 5.46. The molecule has 0 aliphatic rings. The van der Waals surface area contributed by atoms with Crippen molar-refractivity contribution < 1.29 is 0 Å². The number of nitrogens with one attached hydrogen (secondary N) is 1. The van der Waals surface area contributed by atoms with E-state index < -0.39 is 0 Å². The first kappa shape index (κ1) is 15.4. The predicted molar refractivity (Wildman–Crippen MR) is 87.6 cm³/mol. The molecule has 1 nitrogen and oxygen atoms in total. The zero-order valence-corrected chi connectivity index (χ0v) is 13.5. The van der Waals surface area contributed by atoms with Crippen molar-refractivity contribution in [1.29, 1.82) is 0 Å².